The summed E-state index contributed by atoms with van der Waals surface area (Å²) in [5.74, 6) is 1.57. The minimum Gasteiger partial charge on any atom is -0.493 e. The molecule has 0 aliphatic carbocycles. The van der Waals surface area contributed by atoms with Crippen LogP contribution in [0.1, 0.15) is 24.8 Å². The summed E-state index contributed by atoms with van der Waals surface area (Å²) in [5.41, 5.74) is 3.74. The normalized spacial score (nSPS) is 13.4. The second-order valence-corrected chi connectivity index (χ2v) is 11.1. The fourth-order valence-electron chi connectivity index (χ4n) is 3.78. The van der Waals surface area contributed by atoms with Gasteiger partial charge in [0, 0.05) is 29.2 Å². The lowest BCUT2D eigenvalue weighted by atomic mass is 10.0. The van der Waals surface area contributed by atoms with Crippen LogP contribution in [0.5, 0.6) is 5.75 Å². The molecule has 0 atom stereocenters. The predicted octanol–water partition coefficient (Wildman–Crippen LogP) is 4.65. The fourth-order valence-corrected chi connectivity index (χ4v) is 5.45. The van der Waals surface area contributed by atoms with Crippen molar-refractivity contribution in [2.75, 3.05) is 12.9 Å². The standard InChI is InChI=1S/C23H22N4O3S2/c1-14(2)27-22(24-13-25-27)23-26-21-18-12-16(6-9-19(18)30-11-10-20(21)31-23)15-4-7-17(8-5-15)32(3,28)29/h4-9,12-14H,10-11H2,1-3H3. The van der Waals surface area contributed by atoms with Gasteiger partial charge < -0.3 is 4.74 Å². The third-order valence-corrected chi connectivity index (χ3v) is 7.63. The Morgan fingerprint density at radius 2 is 1.84 bits per heavy atom. The Balaban J connectivity index is 1.59. The van der Waals surface area contributed by atoms with E-state index in [2.05, 4.69) is 30.0 Å². The third-order valence-electron chi connectivity index (χ3n) is 5.39. The molecular formula is C23H22N4O3S2. The van der Waals surface area contributed by atoms with E-state index in [1.165, 1.54) is 6.26 Å². The zero-order chi connectivity index (χ0) is 22.5. The molecule has 0 unspecified atom stereocenters. The number of rotatable bonds is 4. The summed E-state index contributed by atoms with van der Waals surface area (Å²) in [6.07, 6.45) is 3.55. The minimum atomic E-state index is -3.23. The van der Waals surface area contributed by atoms with Crippen molar-refractivity contribution in [2.45, 2.75) is 31.2 Å². The number of thiazole rings is 1. The van der Waals surface area contributed by atoms with Crippen LogP contribution in [0.4, 0.5) is 0 Å². The maximum atomic E-state index is 11.8. The Bertz CT molecular complexity index is 1400. The van der Waals surface area contributed by atoms with E-state index in [-0.39, 0.29) is 6.04 Å². The van der Waals surface area contributed by atoms with E-state index in [0.29, 0.717) is 11.5 Å². The van der Waals surface area contributed by atoms with Crippen molar-refractivity contribution in [1.29, 1.82) is 0 Å². The number of fused-ring (bicyclic) bond motifs is 3. The van der Waals surface area contributed by atoms with Crippen LogP contribution in [0.2, 0.25) is 0 Å². The number of sulfone groups is 1. The first-order valence-corrected chi connectivity index (χ1v) is 13.0. The van der Waals surface area contributed by atoms with Gasteiger partial charge in [0.1, 0.15) is 12.1 Å². The number of benzene rings is 2. The van der Waals surface area contributed by atoms with Gasteiger partial charge in [-0.2, -0.15) is 5.10 Å². The third kappa shape index (κ3) is 3.71. The van der Waals surface area contributed by atoms with Gasteiger partial charge >= 0.3 is 0 Å². The van der Waals surface area contributed by atoms with Gasteiger partial charge in [0.05, 0.1) is 17.2 Å². The molecule has 0 amide bonds. The van der Waals surface area contributed by atoms with Crippen LogP contribution in [-0.2, 0) is 16.3 Å². The van der Waals surface area contributed by atoms with E-state index in [0.717, 1.165) is 50.3 Å². The van der Waals surface area contributed by atoms with Crippen LogP contribution in [0.15, 0.2) is 53.7 Å². The monoisotopic (exact) mass is 466 g/mol. The summed E-state index contributed by atoms with van der Waals surface area (Å²) in [6.45, 7) is 4.73. The molecule has 0 spiro atoms. The molecule has 5 rings (SSSR count). The van der Waals surface area contributed by atoms with E-state index >= 15 is 0 Å². The van der Waals surface area contributed by atoms with Crippen molar-refractivity contribution in [3.8, 4) is 39.0 Å². The largest absolute Gasteiger partial charge is 0.493 e. The van der Waals surface area contributed by atoms with Gasteiger partial charge in [-0.3, -0.25) is 0 Å². The molecule has 0 N–H and O–H groups in total. The second-order valence-electron chi connectivity index (χ2n) is 8.02. The molecule has 3 heterocycles. The highest BCUT2D eigenvalue weighted by Crippen LogP contribution is 2.41. The predicted molar refractivity (Wildman–Crippen MR) is 125 cm³/mol. The van der Waals surface area contributed by atoms with E-state index in [9.17, 15) is 8.42 Å². The lowest BCUT2D eigenvalue weighted by Gasteiger charge is -2.10. The summed E-state index contributed by atoms with van der Waals surface area (Å²) in [5, 5.41) is 5.19. The molecule has 2 aromatic carbocycles. The maximum absolute atomic E-state index is 11.8. The molecule has 1 aliphatic heterocycles. The van der Waals surface area contributed by atoms with Gasteiger partial charge in [-0.25, -0.2) is 23.1 Å². The molecule has 1 aliphatic rings. The topological polar surface area (TPSA) is 87.0 Å². The smallest absolute Gasteiger partial charge is 0.187 e. The van der Waals surface area contributed by atoms with Crippen molar-refractivity contribution in [1.82, 2.24) is 19.7 Å². The summed E-state index contributed by atoms with van der Waals surface area (Å²) in [4.78, 5) is 10.9. The minimum absolute atomic E-state index is 0.188. The average molecular weight is 467 g/mol. The Hall–Kier alpha value is -3.04. The van der Waals surface area contributed by atoms with Crippen molar-refractivity contribution in [2.24, 2.45) is 0 Å². The van der Waals surface area contributed by atoms with Gasteiger partial charge in [0.15, 0.2) is 20.7 Å². The quantitative estimate of drug-likeness (QED) is 0.435. The van der Waals surface area contributed by atoms with Gasteiger partial charge in [-0.05, 0) is 49.2 Å². The molecule has 2 aromatic heterocycles. The molecule has 4 aromatic rings. The SMILES string of the molecule is CC(C)n1ncnc1-c1nc2c(s1)CCOc1ccc(-c3ccc(S(C)(=O)=O)cc3)cc1-2. The summed E-state index contributed by atoms with van der Waals surface area (Å²) < 4.78 is 31.4. The van der Waals surface area contributed by atoms with Gasteiger partial charge in [-0.1, -0.05) is 18.2 Å². The summed E-state index contributed by atoms with van der Waals surface area (Å²) >= 11 is 1.63. The van der Waals surface area contributed by atoms with Crippen LogP contribution < -0.4 is 4.74 Å². The summed E-state index contributed by atoms with van der Waals surface area (Å²) in [7, 11) is -3.23. The Morgan fingerprint density at radius 1 is 1.09 bits per heavy atom. The Morgan fingerprint density at radius 3 is 2.56 bits per heavy atom. The van der Waals surface area contributed by atoms with Gasteiger partial charge in [0.2, 0.25) is 0 Å². The average Bonchev–Trinajstić information content (AvgIpc) is 3.37. The number of hydrogen-bond acceptors (Lipinski definition) is 7. The first kappa shape index (κ1) is 20.8. The molecule has 9 heteroatoms. The Kier molecular flexibility index (Phi) is 5.10. The van der Waals surface area contributed by atoms with E-state index in [1.807, 2.05) is 28.9 Å². The number of nitrogens with zero attached hydrogens (tertiary/aromatic N) is 4. The van der Waals surface area contributed by atoms with Gasteiger partial charge in [-0.15, -0.1) is 11.3 Å². The van der Waals surface area contributed by atoms with Crippen LogP contribution in [0.25, 0.3) is 33.2 Å². The highest BCUT2D eigenvalue weighted by Gasteiger charge is 2.24. The molecule has 7 nitrogen and oxygen atoms in total. The van der Waals surface area contributed by atoms with Gasteiger partial charge in [0.25, 0.3) is 0 Å². The molecule has 0 fully saturated rings. The molecular weight excluding hydrogens is 444 g/mol. The lowest BCUT2D eigenvalue weighted by Crippen LogP contribution is -2.04. The lowest BCUT2D eigenvalue weighted by molar-refractivity contribution is 0.327. The summed E-state index contributed by atoms with van der Waals surface area (Å²) in [6, 6.07) is 13.1. The number of aromatic nitrogens is 4. The van der Waals surface area contributed by atoms with Crippen molar-refractivity contribution < 1.29 is 13.2 Å². The van der Waals surface area contributed by atoms with Crippen molar-refractivity contribution >= 4 is 21.2 Å². The first-order valence-electron chi connectivity index (χ1n) is 10.3. The van der Waals surface area contributed by atoms with Crippen molar-refractivity contribution in [3.05, 3.63) is 53.7 Å². The zero-order valence-corrected chi connectivity index (χ0v) is 19.6. The van der Waals surface area contributed by atoms with E-state index < -0.39 is 9.84 Å². The number of ether oxygens (including phenoxy) is 1. The highest BCUT2D eigenvalue weighted by molar-refractivity contribution is 7.90. The molecule has 0 saturated heterocycles. The number of hydrogen-bond donors (Lipinski definition) is 0. The zero-order valence-electron chi connectivity index (χ0n) is 17.9. The van der Waals surface area contributed by atoms with E-state index in [4.69, 9.17) is 9.72 Å². The molecule has 0 radical (unpaired) electrons. The van der Waals surface area contributed by atoms with Crippen LogP contribution in [0.3, 0.4) is 0 Å². The second kappa shape index (κ2) is 7.83. The van der Waals surface area contributed by atoms with Crippen molar-refractivity contribution in [3.63, 3.8) is 0 Å². The fraction of sp³-hybridized carbons (Fsp3) is 0.261. The van der Waals surface area contributed by atoms with Crippen LogP contribution in [0, 0.1) is 0 Å². The Labute approximate surface area is 190 Å². The molecule has 0 saturated carbocycles. The van der Waals surface area contributed by atoms with Crippen LogP contribution >= 0.6 is 11.3 Å². The highest BCUT2D eigenvalue weighted by atomic mass is 32.2. The molecule has 0 bridgehead atoms. The van der Waals surface area contributed by atoms with Crippen LogP contribution in [-0.4, -0.2) is 41.0 Å². The first-order chi connectivity index (χ1) is 15.3. The molecule has 32 heavy (non-hydrogen) atoms. The van der Waals surface area contributed by atoms with E-state index in [1.54, 1.807) is 29.8 Å². The maximum Gasteiger partial charge on any atom is 0.187 e. The molecule has 164 valence electrons.